The second-order valence-corrected chi connectivity index (χ2v) is 10.6. The molecule has 198 valence electrons. The molecule has 0 radical (unpaired) electrons. The van der Waals surface area contributed by atoms with E-state index in [9.17, 15) is 14.7 Å². The molecular formula is C29H36N2O6. The molecule has 1 aliphatic rings. The standard InChI is InChI=1S/C29H36N2O6/c1-29(2,3)37-28(34)19-35-23-10-7-9-20(14-23)25(18-31-13-12-22(32)17-31)30(4)27(33)16-24-15-21-8-5-6-11-26(21)36-24/h5-11,14-15,22,25,32H,12-13,16-19H2,1-4H3/t22-,25+/m0/s1. The first kappa shape index (κ1) is 26.7. The van der Waals surface area contributed by atoms with E-state index >= 15 is 0 Å². The maximum Gasteiger partial charge on any atom is 0.344 e. The third-order valence-corrected chi connectivity index (χ3v) is 6.36. The van der Waals surface area contributed by atoms with Gasteiger partial charge in [-0.1, -0.05) is 30.3 Å². The van der Waals surface area contributed by atoms with Crippen molar-refractivity contribution in [2.75, 3.05) is 33.3 Å². The molecule has 37 heavy (non-hydrogen) atoms. The summed E-state index contributed by atoms with van der Waals surface area (Å²) in [7, 11) is 1.79. The van der Waals surface area contributed by atoms with Crippen LogP contribution in [0.15, 0.2) is 59.0 Å². The van der Waals surface area contributed by atoms with Crippen molar-refractivity contribution in [2.45, 2.75) is 51.4 Å². The highest BCUT2D eigenvalue weighted by atomic mass is 16.6. The van der Waals surface area contributed by atoms with Crippen LogP contribution in [-0.2, 0) is 20.7 Å². The van der Waals surface area contributed by atoms with E-state index in [2.05, 4.69) is 4.90 Å². The predicted octanol–water partition coefficient (Wildman–Crippen LogP) is 3.96. The van der Waals surface area contributed by atoms with Crippen LogP contribution >= 0.6 is 0 Å². The van der Waals surface area contributed by atoms with Crippen LogP contribution in [0.2, 0.25) is 0 Å². The Kier molecular flexibility index (Phi) is 8.19. The zero-order valence-electron chi connectivity index (χ0n) is 22.0. The zero-order valence-corrected chi connectivity index (χ0v) is 22.0. The molecule has 3 aromatic rings. The van der Waals surface area contributed by atoms with Gasteiger partial charge in [-0.3, -0.25) is 9.69 Å². The minimum absolute atomic E-state index is 0.0797. The Labute approximate surface area is 217 Å². The summed E-state index contributed by atoms with van der Waals surface area (Å²) >= 11 is 0. The van der Waals surface area contributed by atoms with Gasteiger partial charge in [-0.15, -0.1) is 0 Å². The minimum atomic E-state index is -0.587. The van der Waals surface area contributed by atoms with E-state index in [0.717, 1.165) is 23.1 Å². The van der Waals surface area contributed by atoms with Crippen LogP contribution in [0.3, 0.4) is 0 Å². The number of fused-ring (bicyclic) bond motifs is 1. The third kappa shape index (κ3) is 7.33. The highest BCUT2D eigenvalue weighted by molar-refractivity contribution is 5.82. The minimum Gasteiger partial charge on any atom is -0.482 e. The number of esters is 1. The fraction of sp³-hybridized carbons (Fsp3) is 0.448. The van der Waals surface area contributed by atoms with E-state index in [0.29, 0.717) is 31.0 Å². The summed E-state index contributed by atoms with van der Waals surface area (Å²) in [6.45, 7) is 7.12. The smallest absolute Gasteiger partial charge is 0.344 e. The highest BCUT2D eigenvalue weighted by Crippen LogP contribution is 2.28. The van der Waals surface area contributed by atoms with Gasteiger partial charge < -0.3 is 23.9 Å². The number of hydrogen-bond acceptors (Lipinski definition) is 7. The number of likely N-dealkylation sites (tertiary alicyclic amines) is 1. The molecule has 8 nitrogen and oxygen atoms in total. The van der Waals surface area contributed by atoms with Gasteiger partial charge in [-0.25, -0.2) is 4.79 Å². The van der Waals surface area contributed by atoms with Crippen molar-refractivity contribution in [3.05, 3.63) is 65.9 Å². The molecule has 1 N–H and O–H groups in total. The summed E-state index contributed by atoms with van der Waals surface area (Å²) in [4.78, 5) is 29.4. The normalized spacial score (nSPS) is 17.1. The first-order valence-electron chi connectivity index (χ1n) is 12.7. The van der Waals surface area contributed by atoms with E-state index in [-0.39, 0.29) is 31.1 Å². The first-order chi connectivity index (χ1) is 17.6. The second-order valence-electron chi connectivity index (χ2n) is 10.6. The summed E-state index contributed by atoms with van der Waals surface area (Å²) in [5.74, 6) is 0.610. The van der Waals surface area contributed by atoms with Crippen LogP contribution in [-0.4, -0.2) is 71.8 Å². The van der Waals surface area contributed by atoms with Crippen LogP contribution in [0, 0.1) is 0 Å². The monoisotopic (exact) mass is 508 g/mol. The lowest BCUT2D eigenvalue weighted by Crippen LogP contribution is -2.39. The van der Waals surface area contributed by atoms with Gasteiger partial charge in [0.25, 0.3) is 0 Å². The van der Waals surface area contributed by atoms with Gasteiger partial charge in [-0.05, 0) is 57.0 Å². The maximum atomic E-state index is 13.4. The number of rotatable bonds is 9. The average molecular weight is 509 g/mol. The SMILES string of the molecule is CN(C(=O)Cc1cc2ccccc2o1)[C@H](CN1CC[C@H](O)C1)c1cccc(OCC(=O)OC(C)(C)C)c1. The maximum absolute atomic E-state index is 13.4. The molecule has 1 aliphatic heterocycles. The van der Waals surface area contributed by atoms with Crippen LogP contribution < -0.4 is 4.74 Å². The van der Waals surface area contributed by atoms with Crippen molar-refractivity contribution < 1.29 is 28.6 Å². The largest absolute Gasteiger partial charge is 0.482 e. The lowest BCUT2D eigenvalue weighted by molar-refractivity contribution is -0.157. The molecule has 1 amide bonds. The van der Waals surface area contributed by atoms with Crippen molar-refractivity contribution in [3.8, 4) is 5.75 Å². The van der Waals surface area contributed by atoms with Crippen molar-refractivity contribution in [1.82, 2.24) is 9.80 Å². The Hall–Kier alpha value is -3.36. The number of aliphatic hydroxyl groups excluding tert-OH is 1. The van der Waals surface area contributed by atoms with Crippen LogP contribution in [0.4, 0.5) is 0 Å². The fourth-order valence-electron chi connectivity index (χ4n) is 4.57. The van der Waals surface area contributed by atoms with Gasteiger partial charge >= 0.3 is 5.97 Å². The molecule has 0 unspecified atom stereocenters. The Morgan fingerprint density at radius 1 is 1.16 bits per heavy atom. The molecule has 2 heterocycles. The van der Waals surface area contributed by atoms with Crippen molar-refractivity contribution in [2.24, 2.45) is 0 Å². The van der Waals surface area contributed by atoms with Crippen molar-refractivity contribution in [3.63, 3.8) is 0 Å². The number of β-amino-alcohol motifs (C(OH)–C–C–N with tert-alkyl or cyclic N) is 1. The van der Waals surface area contributed by atoms with Gasteiger partial charge in [0, 0.05) is 32.1 Å². The molecule has 2 atom stereocenters. The number of para-hydroxylation sites is 1. The summed E-state index contributed by atoms with van der Waals surface area (Å²) in [5.41, 5.74) is 1.05. The molecule has 0 bridgehead atoms. The van der Waals surface area contributed by atoms with Crippen LogP contribution in [0.25, 0.3) is 11.0 Å². The number of benzene rings is 2. The Bertz CT molecular complexity index is 1200. The molecule has 0 spiro atoms. The van der Waals surface area contributed by atoms with E-state index < -0.39 is 11.6 Å². The van der Waals surface area contributed by atoms with E-state index in [1.807, 2.05) is 69.3 Å². The predicted molar refractivity (Wildman–Crippen MR) is 140 cm³/mol. The van der Waals surface area contributed by atoms with Gasteiger partial charge in [-0.2, -0.15) is 0 Å². The number of likely N-dealkylation sites (N-methyl/N-ethyl adjacent to an activating group) is 1. The topological polar surface area (TPSA) is 92.5 Å². The lowest BCUT2D eigenvalue weighted by Gasteiger charge is -2.32. The summed E-state index contributed by atoms with van der Waals surface area (Å²) < 4.78 is 16.9. The molecule has 4 rings (SSSR count). The number of aliphatic hydroxyl groups is 1. The first-order valence-corrected chi connectivity index (χ1v) is 12.7. The number of amides is 1. The molecule has 0 saturated carbocycles. The van der Waals surface area contributed by atoms with Gasteiger partial charge in [0.2, 0.25) is 5.91 Å². The Balaban J connectivity index is 1.50. The molecule has 8 heteroatoms. The number of furan rings is 1. The Morgan fingerprint density at radius 3 is 2.65 bits per heavy atom. The van der Waals surface area contributed by atoms with E-state index in [4.69, 9.17) is 13.9 Å². The quantitative estimate of drug-likeness (QED) is 0.438. The number of nitrogens with zero attached hydrogens (tertiary/aromatic N) is 2. The van der Waals surface area contributed by atoms with Crippen molar-refractivity contribution >= 4 is 22.8 Å². The van der Waals surface area contributed by atoms with Crippen LogP contribution in [0.1, 0.15) is 44.6 Å². The molecular weight excluding hydrogens is 472 g/mol. The summed E-state index contributed by atoms with van der Waals surface area (Å²) in [5, 5.41) is 11.0. The molecule has 1 fully saturated rings. The van der Waals surface area contributed by atoms with E-state index in [1.54, 1.807) is 18.0 Å². The second kappa shape index (κ2) is 11.4. The number of carbonyl (C=O) groups is 2. The van der Waals surface area contributed by atoms with Gasteiger partial charge in [0.05, 0.1) is 18.6 Å². The number of ether oxygens (including phenoxy) is 2. The van der Waals surface area contributed by atoms with Crippen LogP contribution in [0.5, 0.6) is 5.75 Å². The highest BCUT2D eigenvalue weighted by Gasteiger charge is 2.29. The zero-order chi connectivity index (χ0) is 26.6. The van der Waals surface area contributed by atoms with Gasteiger partial charge in [0.15, 0.2) is 6.61 Å². The third-order valence-electron chi connectivity index (χ3n) is 6.36. The number of hydrogen-bond donors (Lipinski definition) is 1. The lowest BCUT2D eigenvalue weighted by atomic mass is 10.0. The molecule has 0 aliphatic carbocycles. The Morgan fingerprint density at radius 2 is 1.95 bits per heavy atom. The molecule has 1 aromatic heterocycles. The fourth-order valence-corrected chi connectivity index (χ4v) is 4.57. The molecule has 2 aromatic carbocycles. The molecule has 1 saturated heterocycles. The van der Waals surface area contributed by atoms with Crippen molar-refractivity contribution in [1.29, 1.82) is 0 Å². The number of carbonyl (C=O) groups excluding carboxylic acids is 2. The summed E-state index contributed by atoms with van der Waals surface area (Å²) in [6.07, 6.45) is 0.488. The van der Waals surface area contributed by atoms with E-state index in [1.165, 1.54) is 0 Å². The summed E-state index contributed by atoms with van der Waals surface area (Å²) in [6, 6.07) is 16.7. The van der Waals surface area contributed by atoms with Gasteiger partial charge in [0.1, 0.15) is 22.7 Å². The average Bonchev–Trinajstić information content (AvgIpc) is 3.44.